The van der Waals surface area contributed by atoms with Crippen LogP contribution in [0.2, 0.25) is 0 Å². The van der Waals surface area contributed by atoms with E-state index in [0.717, 1.165) is 17.8 Å². The Morgan fingerprint density at radius 1 is 1.28 bits per heavy atom. The van der Waals surface area contributed by atoms with Crippen molar-refractivity contribution in [2.45, 2.75) is 11.4 Å². The molecule has 1 aliphatic heterocycles. The molecule has 1 N–H and O–H groups in total. The maximum absolute atomic E-state index is 14.4. The zero-order valence-corrected chi connectivity index (χ0v) is 15.7. The number of thiocarbonyl (C=S) groups is 1. The second-order valence-electron chi connectivity index (χ2n) is 5.16. The maximum atomic E-state index is 14.4. The van der Waals surface area contributed by atoms with Crippen molar-refractivity contribution in [1.29, 1.82) is 0 Å². The number of fused-ring (bicyclic) bond motifs is 1. The van der Waals surface area contributed by atoms with Crippen molar-refractivity contribution in [3.05, 3.63) is 69.0 Å². The van der Waals surface area contributed by atoms with Gasteiger partial charge in [0, 0.05) is 21.0 Å². The fraction of sp³-hybridized carbons (Fsp3) is 0.0588. The number of thioether (sulfide) groups is 1. The lowest BCUT2D eigenvalue weighted by molar-refractivity contribution is -0.131. The van der Waals surface area contributed by atoms with Crippen LogP contribution >= 0.6 is 39.9 Å². The van der Waals surface area contributed by atoms with Crippen molar-refractivity contribution in [2.75, 3.05) is 4.90 Å². The van der Waals surface area contributed by atoms with Gasteiger partial charge in [-0.1, -0.05) is 52.0 Å². The van der Waals surface area contributed by atoms with Crippen LogP contribution in [-0.2, 0) is 11.3 Å². The van der Waals surface area contributed by atoms with Crippen LogP contribution in [0.3, 0.4) is 0 Å². The molecular weight excluding hydrogens is 432 g/mol. The highest BCUT2D eigenvalue weighted by molar-refractivity contribution is 9.10. The summed E-state index contributed by atoms with van der Waals surface area (Å²) in [6.07, 6.45) is 0.978. The molecule has 0 saturated carbocycles. The molecule has 0 aromatic heterocycles. The van der Waals surface area contributed by atoms with Crippen LogP contribution < -0.4 is 4.90 Å². The molecule has 0 saturated heterocycles. The number of aliphatic carboxylic acids is 1. The number of carbonyl (C=O) groups is 1. The van der Waals surface area contributed by atoms with Crippen LogP contribution in [0.25, 0.3) is 0 Å². The number of hydrogen-bond donors (Lipinski definition) is 1. The highest BCUT2D eigenvalue weighted by Gasteiger charge is 2.30. The van der Waals surface area contributed by atoms with E-state index in [4.69, 9.17) is 17.3 Å². The highest BCUT2D eigenvalue weighted by atomic mass is 79.9. The summed E-state index contributed by atoms with van der Waals surface area (Å²) < 4.78 is 29.2. The van der Waals surface area contributed by atoms with Gasteiger partial charge >= 0.3 is 5.97 Å². The summed E-state index contributed by atoms with van der Waals surface area (Å²) in [5, 5.41) is 9.03. The van der Waals surface area contributed by atoms with E-state index in [9.17, 15) is 13.6 Å². The topological polar surface area (TPSA) is 40.5 Å². The van der Waals surface area contributed by atoms with E-state index >= 15 is 0 Å². The van der Waals surface area contributed by atoms with Gasteiger partial charge in [-0.3, -0.25) is 0 Å². The maximum Gasteiger partial charge on any atom is 0.329 e. The number of anilines is 1. The van der Waals surface area contributed by atoms with Gasteiger partial charge in [0.25, 0.3) is 0 Å². The summed E-state index contributed by atoms with van der Waals surface area (Å²) in [7, 11) is 0. The zero-order valence-electron chi connectivity index (χ0n) is 12.5. The second kappa shape index (κ2) is 7.23. The van der Waals surface area contributed by atoms with Gasteiger partial charge in [-0.05, 0) is 24.3 Å². The van der Waals surface area contributed by atoms with Gasteiger partial charge in [0.1, 0.15) is 16.6 Å². The van der Waals surface area contributed by atoms with E-state index in [1.807, 2.05) is 0 Å². The Morgan fingerprint density at radius 2 is 2.04 bits per heavy atom. The molecule has 0 unspecified atom stereocenters. The molecule has 8 heteroatoms. The normalized spacial score (nSPS) is 15.4. The Labute approximate surface area is 160 Å². The molecule has 2 aromatic rings. The molecule has 0 radical (unpaired) electrons. The summed E-state index contributed by atoms with van der Waals surface area (Å²) in [4.78, 5) is 13.4. The number of carboxylic acid groups (broad SMARTS) is 1. The van der Waals surface area contributed by atoms with Gasteiger partial charge in [0.05, 0.1) is 17.1 Å². The summed E-state index contributed by atoms with van der Waals surface area (Å²) >= 11 is 9.62. The minimum absolute atomic E-state index is 0.0105. The number of para-hydroxylation sites is 1. The first-order valence-corrected chi connectivity index (χ1v) is 9.05. The standard InChI is InChI=1S/C17H10BrF2NO2S2/c18-10-5-4-9(12(20)6-10)8-21-16-11(19)2-1-3-13(16)25-14(17(21)24)7-15(22)23/h1-7H,8H2,(H,22,23). The molecule has 0 amide bonds. The number of carboxylic acids is 1. The van der Waals surface area contributed by atoms with Crippen LogP contribution in [0, 0.1) is 11.6 Å². The Kier molecular flexibility index (Phi) is 5.21. The van der Waals surface area contributed by atoms with E-state index in [1.165, 1.54) is 23.1 Å². The number of benzene rings is 2. The third-order valence-electron chi connectivity index (χ3n) is 3.49. The molecule has 0 spiro atoms. The van der Waals surface area contributed by atoms with Gasteiger partial charge in [-0.2, -0.15) is 0 Å². The third kappa shape index (κ3) is 3.75. The van der Waals surface area contributed by atoms with Crippen LogP contribution in [0.5, 0.6) is 0 Å². The van der Waals surface area contributed by atoms with Crippen LogP contribution in [0.4, 0.5) is 14.5 Å². The molecule has 25 heavy (non-hydrogen) atoms. The van der Waals surface area contributed by atoms with Gasteiger partial charge < -0.3 is 10.0 Å². The number of rotatable bonds is 3. The van der Waals surface area contributed by atoms with Crippen LogP contribution in [-0.4, -0.2) is 16.1 Å². The number of halogens is 3. The van der Waals surface area contributed by atoms with Crippen LogP contribution in [0.1, 0.15) is 5.56 Å². The first-order valence-electron chi connectivity index (χ1n) is 7.03. The molecule has 0 fully saturated rings. The quantitative estimate of drug-likeness (QED) is 0.527. The Morgan fingerprint density at radius 3 is 2.72 bits per heavy atom. The third-order valence-corrected chi connectivity index (χ3v) is 5.64. The summed E-state index contributed by atoms with van der Waals surface area (Å²) in [6, 6.07) is 9.06. The molecule has 0 aliphatic carbocycles. The van der Waals surface area contributed by atoms with Gasteiger partial charge in [-0.25, -0.2) is 13.6 Å². The predicted octanol–water partition coefficient (Wildman–Crippen LogP) is 5.14. The average Bonchev–Trinajstić information content (AvgIpc) is 2.53. The van der Waals surface area contributed by atoms with Crippen molar-refractivity contribution in [1.82, 2.24) is 0 Å². The van der Waals surface area contributed by atoms with E-state index in [2.05, 4.69) is 15.9 Å². The molecule has 3 nitrogen and oxygen atoms in total. The molecule has 128 valence electrons. The van der Waals surface area contributed by atoms with Gasteiger partial charge in [0.15, 0.2) is 0 Å². The number of hydrogen-bond acceptors (Lipinski definition) is 3. The second-order valence-corrected chi connectivity index (χ2v) is 7.55. The molecule has 2 aromatic carbocycles. The van der Waals surface area contributed by atoms with Crippen LogP contribution in [0.15, 0.2) is 56.7 Å². The lowest BCUT2D eigenvalue weighted by Crippen LogP contribution is -2.33. The van der Waals surface area contributed by atoms with Crippen molar-refractivity contribution < 1.29 is 18.7 Å². The fourth-order valence-electron chi connectivity index (χ4n) is 2.41. The summed E-state index contributed by atoms with van der Waals surface area (Å²) in [5.41, 5.74) is 0.545. The Bertz CT molecular complexity index is 918. The lowest BCUT2D eigenvalue weighted by atomic mass is 10.1. The fourth-order valence-corrected chi connectivity index (χ4v) is 4.13. The monoisotopic (exact) mass is 441 g/mol. The van der Waals surface area contributed by atoms with Crippen molar-refractivity contribution in [2.24, 2.45) is 0 Å². The zero-order chi connectivity index (χ0) is 18.1. The van der Waals surface area contributed by atoms with E-state index in [1.54, 1.807) is 18.2 Å². The average molecular weight is 442 g/mol. The summed E-state index contributed by atoms with van der Waals surface area (Å²) in [5.74, 6) is -2.12. The minimum atomic E-state index is -1.15. The van der Waals surface area contributed by atoms with Crippen molar-refractivity contribution >= 4 is 56.6 Å². The molecular formula is C17H10BrF2NO2S2. The molecule has 0 bridgehead atoms. The SMILES string of the molecule is O=C(O)C=C1Sc2cccc(F)c2N(Cc2ccc(Br)cc2F)C1=S. The lowest BCUT2D eigenvalue weighted by Gasteiger charge is -2.33. The van der Waals surface area contributed by atoms with E-state index in [0.29, 0.717) is 19.8 Å². The van der Waals surface area contributed by atoms with Crippen molar-refractivity contribution in [3.8, 4) is 0 Å². The first kappa shape index (κ1) is 18.0. The molecule has 0 atom stereocenters. The van der Waals surface area contributed by atoms with Crippen molar-refractivity contribution in [3.63, 3.8) is 0 Å². The first-order chi connectivity index (χ1) is 11.9. The summed E-state index contributed by atoms with van der Waals surface area (Å²) in [6.45, 7) is -0.0105. The van der Waals surface area contributed by atoms with E-state index < -0.39 is 17.6 Å². The molecule has 1 aliphatic rings. The highest BCUT2D eigenvalue weighted by Crippen LogP contribution is 2.44. The van der Waals surface area contributed by atoms with Gasteiger partial charge in [-0.15, -0.1) is 0 Å². The smallest absolute Gasteiger partial charge is 0.329 e. The largest absolute Gasteiger partial charge is 0.478 e. The molecule has 3 rings (SSSR count). The van der Waals surface area contributed by atoms with E-state index in [-0.39, 0.29) is 17.2 Å². The minimum Gasteiger partial charge on any atom is -0.478 e. The Balaban J connectivity index is 2.09. The Hall–Kier alpha value is -1.77. The van der Waals surface area contributed by atoms with Gasteiger partial charge in [0.2, 0.25) is 0 Å². The number of nitrogens with zero attached hydrogens (tertiary/aromatic N) is 1. The predicted molar refractivity (Wildman–Crippen MR) is 101 cm³/mol. The molecule has 1 heterocycles.